The summed E-state index contributed by atoms with van der Waals surface area (Å²) in [5, 5.41) is 6.38. The minimum atomic E-state index is -0.579. The second kappa shape index (κ2) is 36.9. The number of aryl methyl sites for hydroxylation is 6. The Morgan fingerprint density at radius 3 is 1.04 bits per heavy atom. The maximum atomic E-state index is 12.8. The standard InChI is InChI=1S/C20H20N2O2.C20H24N2.C16H23N3O.C13H18N2.C11H9NO2.C7H9N.C4H2O3/c1-14-7-9-16(10-8-14)22-19(23)17-12-21(13-18(17)20(22)24)11-15-5-3-2-4-6-15;1-16-7-9-20(10-8-16)22-14-18-12-21(13-19(18)15-22)11-17-5-3-2-4-6-17;1-3-17-16(20)19-10-13-8-18(9-14(13)11-19)15-6-4-12(2)5-7-15;1-10-2-4-13(5-3-10)15-8-11-6-14-7-12(11)9-15;1-8-2-4-9(5-3-8)12-10(13)6-7-11(12)14;1-6-2-4-7(8)5-3-6;5-3-1-2-4(6)7-3/h2-10,17-18H,11-13H2,1H3;2-10,18-19H,11-15H2,1H3;4-7,13-14H,3,8-11H2,1-2H3,(H,17,20);2-5,11-12,14H,6-9H2,1H3;2-7H,1H3;2-5H,8H2,1H3;1-2H/t17-,18+;18-,19+;13-,14+;11-,12+;;;. The van der Waals surface area contributed by atoms with Crippen LogP contribution < -0.4 is 40.9 Å². The average molecular weight is 1480 g/mol. The number of likely N-dealkylation sites (tertiary alicyclic amines) is 3. The van der Waals surface area contributed by atoms with Gasteiger partial charge in [-0.15, -0.1) is 0 Å². The maximum Gasteiger partial charge on any atom is 0.338 e. The number of rotatable bonds is 10. The van der Waals surface area contributed by atoms with Gasteiger partial charge < -0.3 is 40.7 Å². The van der Waals surface area contributed by atoms with Crippen LogP contribution in [0, 0.1) is 88.9 Å². The second-order valence-corrected chi connectivity index (χ2v) is 30.8. The third-order valence-electron chi connectivity index (χ3n) is 22.2. The summed E-state index contributed by atoms with van der Waals surface area (Å²) < 4.78 is 3.97. The number of carbonyl (C=O) groups is 7. The van der Waals surface area contributed by atoms with Gasteiger partial charge in [0.05, 0.1) is 23.2 Å². The molecule has 8 aromatic carbocycles. The monoisotopic (exact) mass is 1480 g/mol. The van der Waals surface area contributed by atoms with Crippen molar-refractivity contribution in [3.8, 4) is 0 Å². The Kier molecular flexibility index (Phi) is 26.4. The maximum absolute atomic E-state index is 12.8. The third-order valence-corrected chi connectivity index (χ3v) is 22.2. The number of benzene rings is 8. The lowest BCUT2D eigenvalue weighted by Gasteiger charge is -2.23. The Balaban J connectivity index is 0.000000123. The number of urea groups is 1. The van der Waals surface area contributed by atoms with Crippen molar-refractivity contribution in [2.24, 2.45) is 47.3 Å². The highest BCUT2D eigenvalue weighted by atomic mass is 16.6. The molecule has 8 atom stereocenters. The number of imide groups is 2. The van der Waals surface area contributed by atoms with Crippen LogP contribution in [0.1, 0.15) is 51.4 Å². The first-order chi connectivity index (χ1) is 53.2. The van der Waals surface area contributed by atoms with Gasteiger partial charge in [-0.1, -0.05) is 167 Å². The molecule has 18 rings (SSSR count). The molecule has 10 aliphatic heterocycles. The summed E-state index contributed by atoms with van der Waals surface area (Å²) in [7, 11) is 0. The van der Waals surface area contributed by atoms with Crippen LogP contribution in [0.3, 0.4) is 0 Å². The normalized spacial score (nSPS) is 22.4. The van der Waals surface area contributed by atoms with E-state index in [9.17, 15) is 33.6 Å². The zero-order valence-electron chi connectivity index (χ0n) is 64.5. The Bertz CT molecular complexity index is 4390. The number of amides is 6. The van der Waals surface area contributed by atoms with Crippen LogP contribution in [0.4, 0.5) is 38.9 Å². The molecule has 110 heavy (non-hydrogen) atoms. The van der Waals surface area contributed by atoms with E-state index in [1.54, 1.807) is 12.1 Å². The molecule has 0 bridgehead atoms. The lowest BCUT2D eigenvalue weighted by atomic mass is 10.00. The molecule has 10 aliphatic rings. The molecule has 0 radical (unpaired) electrons. The predicted molar refractivity (Wildman–Crippen MR) is 437 cm³/mol. The number of anilines is 6. The summed E-state index contributed by atoms with van der Waals surface area (Å²) in [6, 6.07) is 70.5. The number of nitrogens with one attached hydrogen (secondary N) is 2. The number of nitrogens with zero attached hydrogens (tertiary/aromatic N) is 8. The van der Waals surface area contributed by atoms with E-state index < -0.39 is 11.9 Å². The number of fused-ring (bicyclic) bond motifs is 4. The molecule has 6 amide bonds. The Morgan fingerprint density at radius 2 is 0.700 bits per heavy atom. The number of esters is 2. The molecule has 572 valence electrons. The van der Waals surface area contributed by atoms with Gasteiger partial charge in [-0.3, -0.25) is 29.0 Å². The largest absolute Gasteiger partial charge is 0.399 e. The Hall–Kier alpha value is -11.0. The van der Waals surface area contributed by atoms with Crippen LogP contribution in [-0.2, 0) is 46.6 Å². The molecular weight excluding hydrogens is 1380 g/mol. The molecule has 4 N–H and O–H groups in total. The number of nitrogen functional groups attached to an aromatic ring is 1. The highest BCUT2D eigenvalue weighted by Gasteiger charge is 2.53. The van der Waals surface area contributed by atoms with Crippen LogP contribution in [-0.4, -0.2) is 154 Å². The van der Waals surface area contributed by atoms with Gasteiger partial charge >= 0.3 is 18.0 Å². The SMILES string of the molecule is CCNC(=O)N1C[C@@H]2CN(c3ccc(C)cc3)C[C@@H]2C1.Cc1ccc(N)cc1.Cc1ccc(N2C(=O)C=CC2=O)cc1.Cc1ccc(N2C(=O)[C@H]3CN(Cc4ccccc4)C[C@H]3C2=O)cc1.Cc1ccc(N2C[C@H]3CN(Cc4ccccc4)C[C@H]3C2)cc1.Cc1ccc(N2C[C@H]3CNC[C@H]3C2)cc1.O=C1C=CC(=O)O1. The van der Waals surface area contributed by atoms with Crippen molar-refractivity contribution in [1.29, 1.82) is 0 Å². The minimum absolute atomic E-state index is 0.0515. The molecule has 0 aromatic heterocycles. The van der Waals surface area contributed by atoms with Crippen molar-refractivity contribution >= 4 is 75.7 Å². The number of hydrogen-bond acceptors (Lipinski definition) is 15. The fraction of sp³-hybridized carbons (Fsp3) is 0.352. The van der Waals surface area contributed by atoms with Crippen LogP contribution in [0.25, 0.3) is 0 Å². The van der Waals surface area contributed by atoms with E-state index in [1.807, 2.05) is 111 Å². The van der Waals surface area contributed by atoms with Gasteiger partial charge in [0.15, 0.2) is 0 Å². The smallest absolute Gasteiger partial charge is 0.338 e. The molecule has 10 heterocycles. The van der Waals surface area contributed by atoms with Crippen LogP contribution in [0.5, 0.6) is 0 Å². The number of hydrogen-bond donors (Lipinski definition) is 3. The van der Waals surface area contributed by atoms with Gasteiger partial charge in [0.25, 0.3) is 11.8 Å². The van der Waals surface area contributed by atoms with Gasteiger partial charge in [0.1, 0.15) is 0 Å². The van der Waals surface area contributed by atoms with E-state index in [-0.39, 0.29) is 41.5 Å². The van der Waals surface area contributed by atoms with Gasteiger partial charge in [-0.25, -0.2) is 24.2 Å². The summed E-state index contributed by atoms with van der Waals surface area (Å²) in [6.45, 7) is 32.1. The number of carbonyl (C=O) groups excluding carboxylic acids is 7. The van der Waals surface area contributed by atoms with Crippen LogP contribution in [0.15, 0.2) is 231 Å². The van der Waals surface area contributed by atoms with Gasteiger partial charge in [0, 0.05) is 170 Å². The molecule has 19 heteroatoms. The van der Waals surface area contributed by atoms with E-state index in [2.05, 4.69) is 176 Å². The van der Waals surface area contributed by atoms with Crippen LogP contribution >= 0.6 is 0 Å². The van der Waals surface area contributed by atoms with E-state index in [0.29, 0.717) is 42.8 Å². The first kappa shape index (κ1) is 78.6. The molecule has 8 fully saturated rings. The zero-order valence-corrected chi connectivity index (χ0v) is 64.5. The average Bonchev–Trinajstić information content (AvgIpc) is 1.60. The molecule has 19 nitrogen and oxygen atoms in total. The van der Waals surface area contributed by atoms with E-state index in [1.165, 1.54) is 120 Å². The van der Waals surface area contributed by atoms with E-state index >= 15 is 0 Å². The topological polar surface area (TPSA) is 205 Å². The summed E-state index contributed by atoms with van der Waals surface area (Å²) in [4.78, 5) is 96.8. The van der Waals surface area contributed by atoms with E-state index in [0.717, 1.165) is 96.8 Å². The van der Waals surface area contributed by atoms with Gasteiger partial charge in [-0.05, 0) is 156 Å². The molecule has 0 saturated carbocycles. The Morgan fingerprint density at radius 1 is 0.382 bits per heavy atom. The molecule has 0 aliphatic carbocycles. The first-order valence-corrected chi connectivity index (χ1v) is 38.7. The van der Waals surface area contributed by atoms with Gasteiger partial charge in [-0.2, -0.15) is 0 Å². The first-order valence-electron chi connectivity index (χ1n) is 38.7. The predicted octanol–water partition coefficient (Wildman–Crippen LogP) is 12.6. The number of nitrogens with two attached hydrogens (primary N) is 1. The van der Waals surface area contributed by atoms with Crippen molar-refractivity contribution in [3.05, 3.63) is 275 Å². The van der Waals surface area contributed by atoms with Crippen LogP contribution in [0.2, 0.25) is 0 Å². The quantitative estimate of drug-likeness (QED) is 0.0504. The summed E-state index contributed by atoms with van der Waals surface area (Å²) in [5.41, 5.74) is 21.8. The summed E-state index contributed by atoms with van der Waals surface area (Å²) in [5.74, 6) is 2.46. The third kappa shape index (κ3) is 20.7. The van der Waals surface area contributed by atoms with Gasteiger partial charge in [0.2, 0.25) is 11.8 Å². The fourth-order valence-corrected chi connectivity index (χ4v) is 16.2. The lowest BCUT2D eigenvalue weighted by molar-refractivity contribution is -0.150. The van der Waals surface area contributed by atoms with Crippen molar-refractivity contribution < 1.29 is 38.3 Å². The van der Waals surface area contributed by atoms with Crippen molar-refractivity contribution in [2.75, 3.05) is 128 Å². The second-order valence-electron chi connectivity index (χ2n) is 30.8. The van der Waals surface area contributed by atoms with Crippen molar-refractivity contribution in [3.63, 3.8) is 0 Å². The van der Waals surface area contributed by atoms with Crippen molar-refractivity contribution in [1.82, 2.24) is 25.3 Å². The molecule has 0 unspecified atom stereocenters. The van der Waals surface area contributed by atoms with Crippen molar-refractivity contribution in [2.45, 2.75) is 61.6 Å². The number of cyclic esters (lactones) is 2. The molecular formula is C91H105N11O8. The fourth-order valence-electron chi connectivity index (χ4n) is 16.2. The van der Waals surface area contributed by atoms with E-state index in [4.69, 9.17) is 5.73 Å². The zero-order chi connectivity index (χ0) is 77.4. The summed E-state index contributed by atoms with van der Waals surface area (Å²) in [6.07, 6.45) is 4.73. The molecule has 0 spiro atoms. The molecule has 8 saturated heterocycles. The highest BCUT2D eigenvalue weighted by Crippen LogP contribution is 2.39. The molecule has 8 aromatic rings. The Labute approximate surface area is 648 Å². The minimum Gasteiger partial charge on any atom is -0.399 e. The lowest BCUT2D eigenvalue weighted by Crippen LogP contribution is -2.40. The summed E-state index contributed by atoms with van der Waals surface area (Å²) >= 11 is 0. The highest BCUT2D eigenvalue weighted by molar-refractivity contribution is 6.28. The number of ether oxygens (including phenoxy) is 1.